The minimum absolute atomic E-state index is 0.0649. The number of ether oxygens (including phenoxy) is 1. The number of nitrogens with zero attached hydrogens (tertiary/aromatic N) is 4. The fraction of sp³-hybridized carbons (Fsp3) is 0.500. The SMILES string of the molecule is Cn1cc(C(=O)N2C[C@H]3CCC[C@@]3(COc3ccccn3)C2)cn1.O=C(O)C(F)(F)F. The van der Waals surface area contributed by atoms with Gasteiger partial charge in [-0.1, -0.05) is 12.5 Å². The highest BCUT2D eigenvalue weighted by Gasteiger charge is 2.51. The standard InChI is InChI=1S/C18H22N4O2.C2HF3O2/c1-21-10-14(9-20-21)17(23)22-11-15-5-4-7-18(15,12-22)13-24-16-6-2-3-8-19-16;3-2(4,5)1(6)7/h2-3,6,8-10,15H,4-5,7,11-13H2,1H3;(H,6,7)/t15-,18+;/m1./s1. The van der Waals surface area contributed by atoms with E-state index in [9.17, 15) is 18.0 Å². The summed E-state index contributed by atoms with van der Waals surface area (Å²) < 4.78 is 39.4. The Bertz CT molecular complexity index is 919. The number of hydrogen-bond acceptors (Lipinski definition) is 5. The molecule has 0 radical (unpaired) electrons. The zero-order valence-corrected chi connectivity index (χ0v) is 16.9. The molecule has 31 heavy (non-hydrogen) atoms. The van der Waals surface area contributed by atoms with Gasteiger partial charge in [-0.05, 0) is 24.8 Å². The largest absolute Gasteiger partial charge is 0.490 e. The highest BCUT2D eigenvalue weighted by Crippen LogP contribution is 2.49. The quantitative estimate of drug-likeness (QED) is 0.785. The van der Waals surface area contributed by atoms with Gasteiger partial charge in [0.25, 0.3) is 5.91 Å². The number of carboxylic acids is 1. The van der Waals surface area contributed by atoms with Gasteiger partial charge in [-0.2, -0.15) is 18.3 Å². The molecule has 0 spiro atoms. The number of carbonyl (C=O) groups is 2. The van der Waals surface area contributed by atoms with Crippen molar-refractivity contribution in [2.24, 2.45) is 18.4 Å². The lowest BCUT2D eigenvalue weighted by molar-refractivity contribution is -0.192. The highest BCUT2D eigenvalue weighted by atomic mass is 19.4. The first-order chi connectivity index (χ1) is 14.6. The summed E-state index contributed by atoms with van der Waals surface area (Å²) in [5, 5.41) is 11.2. The van der Waals surface area contributed by atoms with Crippen molar-refractivity contribution in [1.82, 2.24) is 19.7 Å². The van der Waals surface area contributed by atoms with Crippen molar-refractivity contribution in [3.63, 3.8) is 0 Å². The molecule has 4 rings (SSSR count). The number of carbonyl (C=O) groups excluding carboxylic acids is 1. The Kier molecular flexibility index (Phi) is 6.51. The zero-order chi connectivity index (χ0) is 22.6. The van der Waals surface area contributed by atoms with E-state index in [0.29, 0.717) is 24.0 Å². The molecule has 0 aromatic carbocycles. The first-order valence-electron chi connectivity index (χ1n) is 9.72. The van der Waals surface area contributed by atoms with Gasteiger partial charge in [0.1, 0.15) is 0 Å². The summed E-state index contributed by atoms with van der Waals surface area (Å²) in [6.45, 7) is 2.21. The van der Waals surface area contributed by atoms with Gasteiger partial charge >= 0.3 is 12.1 Å². The maximum atomic E-state index is 12.7. The molecule has 11 heteroatoms. The van der Waals surface area contributed by atoms with E-state index in [4.69, 9.17) is 14.6 Å². The number of carboxylic acid groups (broad SMARTS) is 1. The van der Waals surface area contributed by atoms with Crippen LogP contribution in [0.1, 0.15) is 29.6 Å². The molecule has 1 aliphatic carbocycles. The molecule has 1 saturated heterocycles. The summed E-state index contributed by atoms with van der Waals surface area (Å²) >= 11 is 0. The third kappa shape index (κ3) is 5.33. The van der Waals surface area contributed by atoms with Crippen molar-refractivity contribution >= 4 is 11.9 Å². The number of alkyl halides is 3. The topological polar surface area (TPSA) is 97.5 Å². The number of hydrogen-bond donors (Lipinski definition) is 1. The molecule has 1 saturated carbocycles. The average molecular weight is 440 g/mol. The summed E-state index contributed by atoms with van der Waals surface area (Å²) in [4.78, 5) is 27.8. The van der Waals surface area contributed by atoms with Crippen LogP contribution in [-0.4, -0.2) is 62.5 Å². The minimum atomic E-state index is -5.08. The Hall–Kier alpha value is -3.11. The monoisotopic (exact) mass is 440 g/mol. The lowest BCUT2D eigenvalue weighted by atomic mass is 9.81. The van der Waals surface area contributed by atoms with Crippen LogP contribution in [0.2, 0.25) is 0 Å². The van der Waals surface area contributed by atoms with Crippen molar-refractivity contribution < 1.29 is 32.6 Å². The molecular formula is C20H23F3N4O4. The normalized spacial score (nSPS) is 22.5. The van der Waals surface area contributed by atoms with Crippen LogP contribution in [0, 0.1) is 11.3 Å². The van der Waals surface area contributed by atoms with Crippen LogP contribution in [0.3, 0.4) is 0 Å². The van der Waals surface area contributed by atoms with E-state index in [1.54, 1.807) is 23.3 Å². The number of likely N-dealkylation sites (tertiary alicyclic amines) is 1. The molecular weight excluding hydrogens is 417 g/mol. The summed E-state index contributed by atoms with van der Waals surface area (Å²) in [5.74, 6) is -1.50. The van der Waals surface area contributed by atoms with Gasteiger partial charge in [-0.25, -0.2) is 9.78 Å². The highest BCUT2D eigenvalue weighted by molar-refractivity contribution is 5.94. The molecule has 2 aromatic heterocycles. The summed E-state index contributed by atoms with van der Waals surface area (Å²) in [6.07, 6.45) is 3.59. The molecule has 1 amide bonds. The van der Waals surface area contributed by atoms with Crippen LogP contribution < -0.4 is 4.74 Å². The van der Waals surface area contributed by atoms with Crippen molar-refractivity contribution in [3.05, 3.63) is 42.4 Å². The van der Waals surface area contributed by atoms with Gasteiger partial charge in [0.2, 0.25) is 5.88 Å². The molecule has 0 bridgehead atoms. The van der Waals surface area contributed by atoms with Crippen molar-refractivity contribution in [2.45, 2.75) is 25.4 Å². The molecule has 8 nitrogen and oxygen atoms in total. The third-order valence-corrected chi connectivity index (χ3v) is 5.67. The number of aryl methyl sites for hydroxylation is 1. The second kappa shape index (κ2) is 8.94. The first-order valence-corrected chi connectivity index (χ1v) is 9.72. The molecule has 2 aromatic rings. The Morgan fingerprint density at radius 1 is 1.35 bits per heavy atom. The predicted octanol–water partition coefficient (Wildman–Crippen LogP) is 2.77. The molecule has 168 valence electrons. The molecule has 0 unspecified atom stereocenters. The van der Waals surface area contributed by atoms with Crippen LogP contribution in [0.25, 0.3) is 0 Å². The number of halogens is 3. The van der Waals surface area contributed by atoms with E-state index in [2.05, 4.69) is 10.1 Å². The van der Waals surface area contributed by atoms with Gasteiger partial charge < -0.3 is 14.7 Å². The maximum Gasteiger partial charge on any atom is 0.490 e. The molecule has 2 fully saturated rings. The minimum Gasteiger partial charge on any atom is -0.477 e. The van der Waals surface area contributed by atoms with Crippen molar-refractivity contribution in [2.75, 3.05) is 19.7 Å². The van der Waals surface area contributed by atoms with Gasteiger partial charge in [-0.3, -0.25) is 9.48 Å². The fourth-order valence-corrected chi connectivity index (χ4v) is 4.17. The van der Waals surface area contributed by atoms with Gasteiger partial charge in [0, 0.05) is 44.0 Å². The molecule has 1 aliphatic heterocycles. The van der Waals surface area contributed by atoms with E-state index < -0.39 is 12.1 Å². The average Bonchev–Trinajstić information content (AvgIpc) is 3.40. The van der Waals surface area contributed by atoms with Gasteiger partial charge in [-0.15, -0.1) is 0 Å². The number of amides is 1. The lowest BCUT2D eigenvalue weighted by Crippen LogP contribution is -2.35. The summed E-state index contributed by atoms with van der Waals surface area (Å²) in [5.41, 5.74) is 0.730. The summed E-state index contributed by atoms with van der Waals surface area (Å²) in [7, 11) is 1.83. The molecule has 1 N–H and O–H groups in total. The molecule has 3 heterocycles. The third-order valence-electron chi connectivity index (χ3n) is 5.67. The first kappa shape index (κ1) is 22.6. The second-order valence-electron chi connectivity index (χ2n) is 7.80. The summed E-state index contributed by atoms with van der Waals surface area (Å²) in [6, 6.07) is 5.69. The Labute approximate surface area is 176 Å². The van der Waals surface area contributed by atoms with Crippen LogP contribution in [0.4, 0.5) is 13.2 Å². The molecule has 2 aliphatic rings. The van der Waals surface area contributed by atoms with E-state index in [1.807, 2.05) is 30.1 Å². The van der Waals surface area contributed by atoms with Crippen molar-refractivity contribution in [3.8, 4) is 5.88 Å². The number of aromatic nitrogens is 3. The second-order valence-corrected chi connectivity index (χ2v) is 7.80. The van der Waals surface area contributed by atoms with Crippen LogP contribution in [-0.2, 0) is 11.8 Å². The number of aliphatic carboxylic acids is 1. The maximum absolute atomic E-state index is 12.7. The van der Waals surface area contributed by atoms with E-state index in [1.165, 1.54) is 12.8 Å². The van der Waals surface area contributed by atoms with Gasteiger partial charge in [0.15, 0.2) is 0 Å². The van der Waals surface area contributed by atoms with E-state index in [0.717, 1.165) is 19.5 Å². The molecule has 2 atom stereocenters. The Morgan fingerprint density at radius 2 is 2.10 bits per heavy atom. The fourth-order valence-electron chi connectivity index (χ4n) is 4.17. The van der Waals surface area contributed by atoms with Gasteiger partial charge in [0.05, 0.1) is 18.4 Å². The smallest absolute Gasteiger partial charge is 0.477 e. The zero-order valence-electron chi connectivity index (χ0n) is 16.9. The number of pyridine rings is 1. The van der Waals surface area contributed by atoms with Crippen LogP contribution in [0.15, 0.2) is 36.8 Å². The lowest BCUT2D eigenvalue weighted by Gasteiger charge is -2.28. The van der Waals surface area contributed by atoms with E-state index >= 15 is 0 Å². The van der Waals surface area contributed by atoms with E-state index in [-0.39, 0.29) is 11.3 Å². The van der Waals surface area contributed by atoms with Crippen LogP contribution >= 0.6 is 0 Å². The predicted molar refractivity (Wildman–Crippen MR) is 102 cm³/mol. The Balaban J connectivity index is 0.000000339. The Morgan fingerprint density at radius 3 is 2.68 bits per heavy atom. The van der Waals surface area contributed by atoms with Crippen molar-refractivity contribution in [1.29, 1.82) is 0 Å². The number of rotatable bonds is 4. The van der Waals surface area contributed by atoms with Crippen LogP contribution in [0.5, 0.6) is 5.88 Å². The number of fused-ring (bicyclic) bond motifs is 1.